The summed E-state index contributed by atoms with van der Waals surface area (Å²) >= 11 is 0. The Labute approximate surface area is 113 Å². The van der Waals surface area contributed by atoms with Gasteiger partial charge in [0.2, 0.25) is 0 Å². The number of nitrogens with two attached hydrogens (primary N) is 1. The second kappa shape index (κ2) is 5.21. The molecule has 0 radical (unpaired) electrons. The van der Waals surface area contributed by atoms with Crippen LogP contribution in [0.2, 0.25) is 0 Å². The number of aromatic nitrogens is 2. The average Bonchev–Trinajstić information content (AvgIpc) is 2.70. The lowest BCUT2D eigenvalue weighted by atomic mass is 10.2. The number of carbonyl (C=O) groups excluding carboxylic acids is 1. The van der Waals surface area contributed by atoms with Crippen LogP contribution in [0.4, 0.5) is 4.79 Å². The second-order valence-corrected chi connectivity index (χ2v) is 5.77. The van der Waals surface area contributed by atoms with Crippen molar-refractivity contribution in [1.29, 1.82) is 0 Å². The zero-order valence-corrected chi connectivity index (χ0v) is 11.8. The summed E-state index contributed by atoms with van der Waals surface area (Å²) in [5.41, 5.74) is 7.17. The third-order valence-corrected chi connectivity index (χ3v) is 3.02. The second-order valence-electron chi connectivity index (χ2n) is 5.77. The fourth-order valence-corrected chi connectivity index (χ4v) is 2.14. The van der Waals surface area contributed by atoms with Gasteiger partial charge in [-0.15, -0.1) is 0 Å². The Bertz CT molecular complexity index is 462. The van der Waals surface area contributed by atoms with Gasteiger partial charge in [0.1, 0.15) is 5.60 Å². The molecule has 1 aliphatic heterocycles. The highest BCUT2D eigenvalue weighted by atomic mass is 16.6. The van der Waals surface area contributed by atoms with Crippen molar-refractivity contribution in [3.8, 4) is 0 Å². The highest BCUT2D eigenvalue weighted by Gasteiger charge is 2.27. The molecule has 2 rings (SSSR count). The zero-order valence-electron chi connectivity index (χ0n) is 11.8. The molecule has 0 saturated carbocycles. The van der Waals surface area contributed by atoms with Crippen molar-refractivity contribution in [1.82, 2.24) is 14.5 Å². The summed E-state index contributed by atoms with van der Waals surface area (Å²) < 4.78 is 7.49. The van der Waals surface area contributed by atoms with Crippen molar-refractivity contribution >= 4 is 6.09 Å². The van der Waals surface area contributed by atoms with Gasteiger partial charge in [-0.05, 0) is 27.3 Å². The highest BCUT2D eigenvalue weighted by molar-refractivity contribution is 5.68. The smallest absolute Gasteiger partial charge is 0.410 e. The summed E-state index contributed by atoms with van der Waals surface area (Å²) in [7, 11) is 0. The van der Waals surface area contributed by atoms with E-state index in [2.05, 4.69) is 9.55 Å². The minimum Gasteiger partial charge on any atom is -0.444 e. The Hall–Kier alpha value is -1.56. The van der Waals surface area contributed by atoms with Crippen molar-refractivity contribution in [2.24, 2.45) is 5.73 Å². The maximum atomic E-state index is 12.1. The van der Waals surface area contributed by atoms with E-state index >= 15 is 0 Å². The zero-order chi connectivity index (χ0) is 14.0. The van der Waals surface area contributed by atoms with Gasteiger partial charge in [-0.2, -0.15) is 0 Å². The topological polar surface area (TPSA) is 73.4 Å². The van der Waals surface area contributed by atoms with E-state index in [0.29, 0.717) is 19.6 Å². The molecule has 0 fully saturated rings. The number of hydrogen-bond acceptors (Lipinski definition) is 4. The van der Waals surface area contributed by atoms with Gasteiger partial charge in [-0.25, -0.2) is 9.78 Å². The summed E-state index contributed by atoms with van der Waals surface area (Å²) in [6.45, 7) is 8.14. The number of nitrogens with zero attached hydrogens (tertiary/aromatic N) is 3. The predicted octanol–water partition coefficient (Wildman–Crippen LogP) is 1.13. The summed E-state index contributed by atoms with van der Waals surface area (Å²) in [4.78, 5) is 18.1. The van der Waals surface area contributed by atoms with Gasteiger partial charge in [-0.1, -0.05) is 0 Å². The van der Waals surface area contributed by atoms with E-state index in [1.807, 2.05) is 27.1 Å². The fourth-order valence-electron chi connectivity index (χ4n) is 2.14. The standard InChI is InChI=1S/C13H22N4O2/c1-13(2,3)19-12(18)16-6-7-17-9-15-10(4-5-14)11(17)8-16/h9H,4-8,14H2,1-3H3. The molecule has 6 heteroatoms. The number of amides is 1. The molecule has 6 nitrogen and oxygen atoms in total. The first-order chi connectivity index (χ1) is 8.90. The van der Waals surface area contributed by atoms with E-state index in [1.54, 1.807) is 4.90 Å². The molecule has 2 heterocycles. The Balaban J connectivity index is 2.08. The van der Waals surface area contributed by atoms with E-state index in [1.165, 1.54) is 0 Å². The van der Waals surface area contributed by atoms with Crippen LogP contribution in [0.3, 0.4) is 0 Å². The molecule has 19 heavy (non-hydrogen) atoms. The van der Waals surface area contributed by atoms with E-state index in [9.17, 15) is 4.79 Å². The van der Waals surface area contributed by atoms with Gasteiger partial charge in [0.05, 0.1) is 24.3 Å². The number of ether oxygens (including phenoxy) is 1. The molecular weight excluding hydrogens is 244 g/mol. The first kappa shape index (κ1) is 13.9. The molecule has 0 bridgehead atoms. The lowest BCUT2D eigenvalue weighted by molar-refractivity contribution is 0.0198. The van der Waals surface area contributed by atoms with E-state index in [0.717, 1.165) is 24.4 Å². The minimum absolute atomic E-state index is 0.265. The maximum absolute atomic E-state index is 12.1. The molecule has 0 atom stereocenters. The van der Waals surface area contributed by atoms with Crippen LogP contribution in [0.25, 0.3) is 0 Å². The number of carbonyl (C=O) groups is 1. The van der Waals surface area contributed by atoms with Crippen LogP contribution in [0.5, 0.6) is 0 Å². The van der Waals surface area contributed by atoms with Crippen LogP contribution in [0, 0.1) is 0 Å². The van der Waals surface area contributed by atoms with Crippen LogP contribution in [-0.2, 0) is 24.2 Å². The summed E-state index contributed by atoms with van der Waals surface area (Å²) in [5, 5.41) is 0. The molecule has 1 aliphatic rings. The van der Waals surface area contributed by atoms with Crippen molar-refractivity contribution < 1.29 is 9.53 Å². The molecule has 0 unspecified atom stereocenters. The summed E-state index contributed by atoms with van der Waals surface area (Å²) in [6, 6.07) is 0. The van der Waals surface area contributed by atoms with E-state index in [4.69, 9.17) is 10.5 Å². The summed E-state index contributed by atoms with van der Waals surface area (Å²) in [5.74, 6) is 0. The van der Waals surface area contributed by atoms with Crippen molar-refractivity contribution in [3.05, 3.63) is 17.7 Å². The van der Waals surface area contributed by atoms with Gasteiger partial charge in [-0.3, -0.25) is 0 Å². The Morgan fingerprint density at radius 2 is 2.21 bits per heavy atom. The molecule has 0 spiro atoms. The first-order valence-electron chi connectivity index (χ1n) is 6.61. The van der Waals surface area contributed by atoms with Gasteiger partial charge >= 0.3 is 6.09 Å². The maximum Gasteiger partial charge on any atom is 0.410 e. The molecular formula is C13H22N4O2. The van der Waals surface area contributed by atoms with E-state index < -0.39 is 5.60 Å². The number of hydrogen-bond donors (Lipinski definition) is 1. The van der Waals surface area contributed by atoms with Crippen LogP contribution in [0.15, 0.2) is 6.33 Å². The normalized spacial score (nSPS) is 15.3. The molecule has 2 N–H and O–H groups in total. The monoisotopic (exact) mass is 266 g/mol. The third-order valence-electron chi connectivity index (χ3n) is 3.02. The molecule has 0 aliphatic carbocycles. The Morgan fingerprint density at radius 3 is 2.84 bits per heavy atom. The van der Waals surface area contributed by atoms with Crippen LogP contribution < -0.4 is 5.73 Å². The number of rotatable bonds is 2. The van der Waals surface area contributed by atoms with E-state index in [-0.39, 0.29) is 6.09 Å². The molecule has 1 amide bonds. The third kappa shape index (κ3) is 3.26. The van der Waals surface area contributed by atoms with Crippen molar-refractivity contribution in [3.63, 3.8) is 0 Å². The van der Waals surface area contributed by atoms with Gasteiger partial charge in [0, 0.05) is 19.5 Å². The first-order valence-corrected chi connectivity index (χ1v) is 6.61. The molecule has 1 aromatic rings. The lowest BCUT2D eigenvalue weighted by Crippen LogP contribution is -2.41. The minimum atomic E-state index is -0.463. The molecule has 0 aromatic carbocycles. The predicted molar refractivity (Wildman–Crippen MR) is 71.6 cm³/mol. The van der Waals surface area contributed by atoms with Gasteiger partial charge in [0.25, 0.3) is 0 Å². The largest absolute Gasteiger partial charge is 0.444 e. The average molecular weight is 266 g/mol. The summed E-state index contributed by atoms with van der Waals surface area (Å²) in [6.07, 6.45) is 2.30. The SMILES string of the molecule is CC(C)(C)OC(=O)N1CCn2cnc(CCN)c2C1. The molecule has 0 saturated heterocycles. The number of imidazole rings is 1. The van der Waals surface area contributed by atoms with Gasteiger partial charge < -0.3 is 19.9 Å². The Kier molecular flexibility index (Phi) is 3.80. The quantitative estimate of drug-likeness (QED) is 0.871. The molecule has 1 aromatic heterocycles. The van der Waals surface area contributed by atoms with Crippen molar-refractivity contribution in [2.45, 2.75) is 45.9 Å². The lowest BCUT2D eigenvalue weighted by Gasteiger charge is -2.31. The highest BCUT2D eigenvalue weighted by Crippen LogP contribution is 2.19. The van der Waals surface area contributed by atoms with Crippen LogP contribution >= 0.6 is 0 Å². The molecule has 106 valence electrons. The Morgan fingerprint density at radius 1 is 1.47 bits per heavy atom. The van der Waals surface area contributed by atoms with Crippen LogP contribution in [-0.4, -0.2) is 39.2 Å². The fraction of sp³-hybridized carbons (Fsp3) is 0.692. The van der Waals surface area contributed by atoms with Crippen LogP contribution in [0.1, 0.15) is 32.2 Å². The van der Waals surface area contributed by atoms with Crippen molar-refractivity contribution in [2.75, 3.05) is 13.1 Å². The number of fused-ring (bicyclic) bond motifs is 1. The van der Waals surface area contributed by atoms with Gasteiger partial charge in [0.15, 0.2) is 0 Å².